The zero-order valence-electron chi connectivity index (χ0n) is 16.1. The van der Waals surface area contributed by atoms with Gasteiger partial charge in [-0.3, -0.25) is 9.36 Å². The Kier molecular flexibility index (Phi) is 6.81. The molecule has 5 nitrogen and oxygen atoms in total. The summed E-state index contributed by atoms with van der Waals surface area (Å²) in [6.07, 6.45) is 3.21. The molecule has 1 amide bonds. The van der Waals surface area contributed by atoms with Crippen LogP contribution in [-0.4, -0.2) is 19.2 Å². The number of carbonyl (C=O) groups is 1. The fourth-order valence-electron chi connectivity index (χ4n) is 3.13. The molecule has 2 aromatic carbocycles. The Labute approximate surface area is 179 Å². The Hall–Kier alpha value is -2.11. The highest BCUT2D eigenvalue weighted by Crippen LogP contribution is 2.58. The second-order valence-electron chi connectivity index (χ2n) is 6.53. The van der Waals surface area contributed by atoms with Crippen LogP contribution in [0.15, 0.2) is 54.0 Å². The van der Waals surface area contributed by atoms with Crippen molar-refractivity contribution in [3.8, 4) is 0 Å². The summed E-state index contributed by atoms with van der Waals surface area (Å²) in [4.78, 5) is 13.1. The third-order valence-electron chi connectivity index (χ3n) is 4.45. The molecule has 0 fully saturated rings. The predicted molar refractivity (Wildman–Crippen MR) is 123 cm³/mol. The molecule has 2 unspecified atom stereocenters. The summed E-state index contributed by atoms with van der Waals surface area (Å²) in [5.74, 6) is -0.408. The smallest absolute Gasteiger partial charge is 0.241 e. The van der Waals surface area contributed by atoms with Crippen LogP contribution in [0.25, 0.3) is 16.2 Å². The van der Waals surface area contributed by atoms with E-state index in [0.717, 1.165) is 15.6 Å². The molecule has 3 aromatic rings. The topological polar surface area (TPSA) is 81.4 Å². The van der Waals surface area contributed by atoms with E-state index in [9.17, 15) is 9.36 Å². The highest BCUT2D eigenvalue weighted by Gasteiger charge is 2.38. The monoisotopic (exact) mass is 448 g/mol. The lowest BCUT2D eigenvalue weighted by Crippen LogP contribution is -2.25. The Morgan fingerprint density at radius 2 is 2.10 bits per heavy atom. The van der Waals surface area contributed by atoms with E-state index in [0.29, 0.717) is 16.3 Å². The number of nitrogens with one attached hydrogen (secondary N) is 1. The molecular formula is C21H22ClN2O3PS. The zero-order valence-corrected chi connectivity index (χ0v) is 18.6. The summed E-state index contributed by atoms with van der Waals surface area (Å²) in [5.41, 5.74) is 7.00. The number of hydrogen-bond donors (Lipinski definition) is 2. The first-order valence-electron chi connectivity index (χ1n) is 9.03. The van der Waals surface area contributed by atoms with Gasteiger partial charge in [-0.25, -0.2) is 0 Å². The van der Waals surface area contributed by atoms with Gasteiger partial charge >= 0.3 is 0 Å². The molecule has 29 heavy (non-hydrogen) atoms. The van der Waals surface area contributed by atoms with Crippen LogP contribution < -0.4 is 11.1 Å². The Balaban J connectivity index is 1.95. The number of halogens is 1. The van der Waals surface area contributed by atoms with Gasteiger partial charge in [-0.15, -0.1) is 11.3 Å². The minimum Gasteiger partial charge on any atom is -0.398 e. The van der Waals surface area contributed by atoms with Crippen molar-refractivity contribution in [3.05, 3.63) is 70.2 Å². The minimum atomic E-state index is -3.30. The third kappa shape index (κ3) is 4.90. The molecule has 0 bridgehead atoms. The van der Waals surface area contributed by atoms with E-state index in [4.69, 9.17) is 21.9 Å². The van der Waals surface area contributed by atoms with Crippen molar-refractivity contribution in [1.29, 1.82) is 0 Å². The summed E-state index contributed by atoms with van der Waals surface area (Å²) < 4.78 is 19.8. The number of nitrogen functional groups attached to an aromatic ring is 1. The molecule has 3 N–H and O–H groups in total. The maximum atomic E-state index is 13.3. The second-order valence-corrected chi connectivity index (χ2v) is 10.5. The summed E-state index contributed by atoms with van der Waals surface area (Å²) in [7, 11) is -3.30. The number of para-hydroxylation sites is 1. The van der Waals surface area contributed by atoms with E-state index >= 15 is 0 Å². The number of rotatable bonds is 7. The van der Waals surface area contributed by atoms with Gasteiger partial charge in [-0.2, -0.15) is 0 Å². The first kappa shape index (κ1) is 21.6. The number of hydrogen-bond acceptors (Lipinski definition) is 5. The van der Waals surface area contributed by atoms with Gasteiger partial charge in [-0.05, 0) is 59.2 Å². The largest absolute Gasteiger partial charge is 0.398 e. The first-order chi connectivity index (χ1) is 13.8. The summed E-state index contributed by atoms with van der Waals surface area (Å²) in [6.45, 7) is 3.50. The highest BCUT2D eigenvalue weighted by atomic mass is 35.5. The molecule has 0 saturated carbocycles. The first-order valence-corrected chi connectivity index (χ1v) is 12.4. The molecule has 3 rings (SSSR count). The van der Waals surface area contributed by atoms with E-state index in [-0.39, 0.29) is 6.61 Å². The molecule has 0 aliphatic carbocycles. The van der Waals surface area contributed by atoms with E-state index < -0.39 is 18.9 Å². The Morgan fingerprint density at radius 3 is 2.83 bits per heavy atom. The number of anilines is 1. The van der Waals surface area contributed by atoms with Gasteiger partial charge in [0.15, 0.2) is 0 Å². The predicted octanol–water partition coefficient (Wildman–Crippen LogP) is 5.91. The lowest BCUT2D eigenvalue weighted by molar-refractivity contribution is -0.120. The number of benzene rings is 2. The van der Waals surface area contributed by atoms with Crippen LogP contribution in [0.2, 0.25) is 5.02 Å². The van der Waals surface area contributed by atoms with Gasteiger partial charge in [0.1, 0.15) is 5.66 Å². The van der Waals surface area contributed by atoms with Gasteiger partial charge in [0.2, 0.25) is 13.3 Å². The quantitative estimate of drug-likeness (QED) is 0.347. The highest BCUT2D eigenvalue weighted by molar-refractivity contribution is 7.59. The van der Waals surface area contributed by atoms with Crippen molar-refractivity contribution in [2.45, 2.75) is 12.6 Å². The van der Waals surface area contributed by atoms with Crippen molar-refractivity contribution >= 4 is 58.1 Å². The summed E-state index contributed by atoms with van der Waals surface area (Å²) >= 11 is 7.63. The standard InChI is InChI=1S/C21H22ClN2O3PS/c1-3-27-28(2,26)20(17-13-29-19-9-8-15(22)12-16(17)19)21(25)24-11-10-14-6-4-5-7-18(14)23/h4-13,20H,3,23H2,1-2H3,(H,24,25)/b11-10+. The van der Waals surface area contributed by atoms with E-state index in [2.05, 4.69) is 5.32 Å². The van der Waals surface area contributed by atoms with Gasteiger partial charge in [0.25, 0.3) is 0 Å². The molecular weight excluding hydrogens is 427 g/mol. The third-order valence-corrected chi connectivity index (χ3v) is 7.89. The molecule has 2 atom stereocenters. The van der Waals surface area contributed by atoms with Crippen molar-refractivity contribution in [3.63, 3.8) is 0 Å². The maximum Gasteiger partial charge on any atom is 0.241 e. The molecule has 1 aromatic heterocycles. The van der Waals surface area contributed by atoms with Crippen LogP contribution >= 0.6 is 30.3 Å². The fourth-order valence-corrected chi connectivity index (χ4v) is 6.25. The van der Waals surface area contributed by atoms with E-state index in [1.54, 1.807) is 31.2 Å². The van der Waals surface area contributed by atoms with E-state index in [1.165, 1.54) is 24.2 Å². The van der Waals surface area contributed by atoms with Gasteiger partial charge in [0, 0.05) is 28.3 Å². The zero-order chi connectivity index (χ0) is 21.0. The normalized spacial score (nSPS) is 14.7. The van der Waals surface area contributed by atoms with Crippen LogP contribution in [-0.2, 0) is 13.9 Å². The molecule has 0 aliphatic rings. The van der Waals surface area contributed by atoms with Crippen molar-refractivity contribution in [1.82, 2.24) is 5.32 Å². The summed E-state index contributed by atoms with van der Waals surface area (Å²) in [6, 6.07) is 12.8. The molecule has 1 heterocycles. The molecule has 0 aliphatic heterocycles. The van der Waals surface area contributed by atoms with Gasteiger partial charge in [-0.1, -0.05) is 29.8 Å². The number of amides is 1. The van der Waals surface area contributed by atoms with Crippen molar-refractivity contribution in [2.24, 2.45) is 0 Å². The lowest BCUT2D eigenvalue weighted by atomic mass is 10.1. The van der Waals surface area contributed by atoms with Gasteiger partial charge in [0.05, 0.1) is 6.61 Å². The maximum absolute atomic E-state index is 13.3. The van der Waals surface area contributed by atoms with Gasteiger partial charge < -0.3 is 15.6 Å². The molecule has 0 spiro atoms. The van der Waals surface area contributed by atoms with Crippen LogP contribution in [0.4, 0.5) is 5.69 Å². The molecule has 0 radical (unpaired) electrons. The number of thiophene rings is 1. The Morgan fingerprint density at radius 1 is 1.34 bits per heavy atom. The number of nitrogens with two attached hydrogens (primary N) is 1. The van der Waals surface area contributed by atoms with E-state index in [1.807, 2.05) is 29.6 Å². The SMILES string of the molecule is CCOP(C)(=O)C(C(=O)N/C=C/c1ccccc1N)c1csc2ccc(Cl)cc12. The van der Waals surface area contributed by atoms with Crippen LogP contribution in [0.1, 0.15) is 23.7 Å². The lowest BCUT2D eigenvalue weighted by Gasteiger charge is -2.22. The molecule has 8 heteroatoms. The summed E-state index contributed by atoms with van der Waals surface area (Å²) in [5, 5.41) is 5.94. The second kappa shape index (κ2) is 9.14. The fraction of sp³-hybridized carbons (Fsp3) is 0.190. The van der Waals surface area contributed by atoms with Crippen LogP contribution in [0, 0.1) is 0 Å². The number of fused-ring (bicyclic) bond motifs is 1. The minimum absolute atomic E-state index is 0.247. The van der Waals surface area contributed by atoms with Crippen molar-refractivity contribution < 1.29 is 13.9 Å². The average Bonchev–Trinajstić information content (AvgIpc) is 3.06. The number of carbonyl (C=O) groups excluding carboxylic acids is 1. The Bertz CT molecular complexity index is 1110. The molecule has 0 saturated heterocycles. The molecule has 152 valence electrons. The average molecular weight is 449 g/mol. The van der Waals surface area contributed by atoms with Crippen molar-refractivity contribution in [2.75, 3.05) is 19.0 Å². The van der Waals surface area contributed by atoms with Crippen LogP contribution in [0.5, 0.6) is 0 Å². The van der Waals surface area contributed by atoms with Crippen LogP contribution in [0.3, 0.4) is 0 Å².